The number of benzene rings is 1. The van der Waals surface area contributed by atoms with Crippen LogP contribution in [0.2, 0.25) is 0 Å². The van der Waals surface area contributed by atoms with E-state index >= 15 is 0 Å². The first-order valence-electron chi connectivity index (χ1n) is 5.93. The van der Waals surface area contributed by atoms with Crippen molar-refractivity contribution in [1.29, 1.82) is 0 Å². The SMILES string of the molecule is Cc1cccc2cc(S(=O)(=O)NC3(C)CC3)sc12. The van der Waals surface area contributed by atoms with E-state index in [9.17, 15) is 8.42 Å². The summed E-state index contributed by atoms with van der Waals surface area (Å²) >= 11 is 1.35. The Bertz CT molecular complexity index is 712. The van der Waals surface area contributed by atoms with Gasteiger partial charge in [0.25, 0.3) is 10.0 Å². The zero-order chi connectivity index (χ0) is 13.0. The molecule has 0 atom stereocenters. The fraction of sp³-hybridized carbons (Fsp3) is 0.385. The third kappa shape index (κ3) is 2.06. The average Bonchev–Trinajstić information content (AvgIpc) is 2.82. The quantitative estimate of drug-likeness (QED) is 0.940. The van der Waals surface area contributed by atoms with Crippen molar-refractivity contribution in [2.75, 3.05) is 0 Å². The van der Waals surface area contributed by atoms with Gasteiger partial charge in [0, 0.05) is 10.2 Å². The second-order valence-electron chi connectivity index (χ2n) is 5.22. The molecule has 1 aromatic heterocycles. The number of aryl methyl sites for hydroxylation is 1. The van der Waals surface area contributed by atoms with Gasteiger partial charge in [-0.3, -0.25) is 0 Å². The van der Waals surface area contributed by atoms with E-state index in [2.05, 4.69) is 4.72 Å². The molecule has 1 fully saturated rings. The lowest BCUT2D eigenvalue weighted by molar-refractivity contribution is 0.560. The van der Waals surface area contributed by atoms with E-state index in [0.717, 1.165) is 28.5 Å². The highest BCUT2D eigenvalue weighted by molar-refractivity contribution is 7.91. The van der Waals surface area contributed by atoms with Crippen LogP contribution in [0.25, 0.3) is 10.1 Å². The minimum absolute atomic E-state index is 0.218. The summed E-state index contributed by atoms with van der Waals surface area (Å²) in [6, 6.07) is 7.68. The number of hydrogen-bond acceptors (Lipinski definition) is 3. The lowest BCUT2D eigenvalue weighted by Crippen LogP contribution is -2.33. The molecule has 0 aliphatic heterocycles. The van der Waals surface area contributed by atoms with Gasteiger partial charge >= 0.3 is 0 Å². The number of fused-ring (bicyclic) bond motifs is 1. The van der Waals surface area contributed by atoms with E-state index in [1.54, 1.807) is 6.07 Å². The molecule has 1 aliphatic rings. The Morgan fingerprint density at radius 1 is 1.33 bits per heavy atom. The van der Waals surface area contributed by atoms with Crippen LogP contribution in [0.3, 0.4) is 0 Å². The van der Waals surface area contributed by atoms with Crippen molar-refractivity contribution >= 4 is 31.4 Å². The summed E-state index contributed by atoms with van der Waals surface area (Å²) in [5.74, 6) is 0. The maximum Gasteiger partial charge on any atom is 0.250 e. The van der Waals surface area contributed by atoms with Crippen LogP contribution in [-0.4, -0.2) is 14.0 Å². The number of nitrogens with one attached hydrogen (secondary N) is 1. The Hall–Kier alpha value is -0.910. The minimum atomic E-state index is -3.37. The Kier molecular flexibility index (Phi) is 2.56. The summed E-state index contributed by atoms with van der Waals surface area (Å²) in [6.07, 6.45) is 1.85. The molecule has 0 bridgehead atoms. The number of thiophene rings is 1. The van der Waals surface area contributed by atoms with Gasteiger partial charge in [-0.1, -0.05) is 18.2 Å². The van der Waals surface area contributed by atoms with E-state index in [4.69, 9.17) is 0 Å². The Labute approximate surface area is 111 Å². The fourth-order valence-corrected chi connectivity index (χ4v) is 4.89. The van der Waals surface area contributed by atoms with E-state index in [-0.39, 0.29) is 5.54 Å². The lowest BCUT2D eigenvalue weighted by atomic mass is 10.2. The van der Waals surface area contributed by atoms with Crippen molar-refractivity contribution in [2.45, 2.75) is 36.4 Å². The maximum atomic E-state index is 12.3. The highest BCUT2D eigenvalue weighted by Gasteiger charge is 2.41. The van der Waals surface area contributed by atoms with Crippen molar-refractivity contribution in [3.63, 3.8) is 0 Å². The molecule has 0 saturated heterocycles. The highest BCUT2D eigenvalue weighted by atomic mass is 32.2. The smallest absolute Gasteiger partial charge is 0.206 e. The first kappa shape index (κ1) is 12.1. The molecule has 0 unspecified atom stereocenters. The Morgan fingerprint density at radius 2 is 2.06 bits per heavy atom. The monoisotopic (exact) mass is 281 g/mol. The van der Waals surface area contributed by atoms with E-state index < -0.39 is 10.0 Å². The third-order valence-electron chi connectivity index (χ3n) is 3.36. The predicted octanol–water partition coefficient (Wildman–Crippen LogP) is 3.04. The van der Waals surface area contributed by atoms with Crippen molar-refractivity contribution in [3.8, 4) is 0 Å². The van der Waals surface area contributed by atoms with Crippen LogP contribution in [0.4, 0.5) is 0 Å². The molecule has 3 rings (SSSR count). The fourth-order valence-electron chi connectivity index (χ4n) is 1.98. The molecular weight excluding hydrogens is 266 g/mol. The van der Waals surface area contributed by atoms with Gasteiger partial charge in [0.1, 0.15) is 4.21 Å². The van der Waals surface area contributed by atoms with E-state index in [0.29, 0.717) is 4.21 Å². The third-order valence-corrected chi connectivity index (χ3v) is 6.76. The zero-order valence-corrected chi connectivity index (χ0v) is 12.0. The molecule has 2 aromatic rings. The van der Waals surface area contributed by atoms with E-state index in [1.165, 1.54) is 11.3 Å². The van der Waals surface area contributed by atoms with Crippen molar-refractivity contribution in [1.82, 2.24) is 4.72 Å². The molecule has 0 radical (unpaired) electrons. The van der Waals surface area contributed by atoms with Crippen molar-refractivity contribution < 1.29 is 8.42 Å². The topological polar surface area (TPSA) is 46.2 Å². The standard InChI is InChI=1S/C13H15NO2S2/c1-9-4-3-5-10-8-11(17-12(9)10)18(15,16)14-13(2)6-7-13/h3-5,8,14H,6-7H2,1-2H3. The molecule has 1 heterocycles. The summed E-state index contributed by atoms with van der Waals surface area (Å²) in [6.45, 7) is 3.95. The minimum Gasteiger partial charge on any atom is -0.206 e. The molecular formula is C13H15NO2S2. The Balaban J connectivity index is 2.06. The summed E-state index contributed by atoms with van der Waals surface area (Å²) in [5.41, 5.74) is 0.904. The summed E-state index contributed by atoms with van der Waals surface area (Å²) in [7, 11) is -3.37. The van der Waals surface area contributed by atoms with Crippen LogP contribution in [-0.2, 0) is 10.0 Å². The highest BCUT2D eigenvalue weighted by Crippen LogP contribution is 2.38. The van der Waals surface area contributed by atoms with Gasteiger partial charge in [0.15, 0.2) is 0 Å². The summed E-state index contributed by atoms with van der Waals surface area (Å²) < 4.78 is 28.8. The first-order valence-corrected chi connectivity index (χ1v) is 8.23. The molecule has 96 valence electrons. The predicted molar refractivity (Wildman–Crippen MR) is 74.5 cm³/mol. The molecule has 0 spiro atoms. The van der Waals surface area contributed by atoms with Gasteiger partial charge in [-0.25, -0.2) is 13.1 Å². The average molecular weight is 281 g/mol. The summed E-state index contributed by atoms with van der Waals surface area (Å²) in [5, 5.41) is 1.00. The molecule has 18 heavy (non-hydrogen) atoms. The second kappa shape index (κ2) is 3.79. The zero-order valence-electron chi connectivity index (χ0n) is 10.4. The molecule has 1 N–H and O–H groups in total. The molecule has 3 nitrogen and oxygen atoms in total. The van der Waals surface area contributed by atoms with Crippen LogP contribution in [0.5, 0.6) is 0 Å². The number of sulfonamides is 1. The molecule has 5 heteroatoms. The molecule has 1 aliphatic carbocycles. The van der Waals surface area contributed by atoms with Crippen LogP contribution < -0.4 is 4.72 Å². The van der Waals surface area contributed by atoms with Crippen molar-refractivity contribution in [3.05, 3.63) is 29.8 Å². The largest absolute Gasteiger partial charge is 0.250 e. The normalized spacial score (nSPS) is 18.1. The molecule has 0 amide bonds. The van der Waals surface area contributed by atoms with Gasteiger partial charge in [0.2, 0.25) is 0 Å². The lowest BCUT2D eigenvalue weighted by Gasteiger charge is -2.10. The van der Waals surface area contributed by atoms with Crippen LogP contribution >= 0.6 is 11.3 Å². The molecule has 1 aromatic carbocycles. The van der Waals surface area contributed by atoms with Gasteiger partial charge < -0.3 is 0 Å². The molecule has 1 saturated carbocycles. The van der Waals surface area contributed by atoms with Crippen LogP contribution in [0.15, 0.2) is 28.5 Å². The van der Waals surface area contributed by atoms with Crippen molar-refractivity contribution in [2.24, 2.45) is 0 Å². The maximum absolute atomic E-state index is 12.3. The van der Waals surface area contributed by atoms with Gasteiger partial charge in [-0.15, -0.1) is 11.3 Å². The second-order valence-corrected chi connectivity index (χ2v) is 8.19. The first-order chi connectivity index (χ1) is 8.40. The summed E-state index contributed by atoms with van der Waals surface area (Å²) in [4.78, 5) is 0. The van der Waals surface area contributed by atoms with Gasteiger partial charge in [0.05, 0.1) is 0 Å². The van der Waals surface area contributed by atoms with Gasteiger partial charge in [-0.2, -0.15) is 0 Å². The van der Waals surface area contributed by atoms with Gasteiger partial charge in [-0.05, 0) is 43.7 Å². The van der Waals surface area contributed by atoms with Crippen LogP contribution in [0.1, 0.15) is 25.3 Å². The number of rotatable bonds is 3. The van der Waals surface area contributed by atoms with Crippen LogP contribution in [0, 0.1) is 6.92 Å². The van der Waals surface area contributed by atoms with E-state index in [1.807, 2.05) is 32.0 Å². The number of hydrogen-bond donors (Lipinski definition) is 1. The Morgan fingerprint density at radius 3 is 2.67 bits per heavy atom.